The molecule has 0 aliphatic heterocycles. The molecule has 0 aliphatic rings. The first-order chi connectivity index (χ1) is 7.16. The fourth-order valence-electron chi connectivity index (χ4n) is 1.01. The van der Waals surface area contributed by atoms with Crippen LogP contribution in [0.15, 0.2) is 12.1 Å². The van der Waals surface area contributed by atoms with Crippen molar-refractivity contribution in [3.05, 3.63) is 29.3 Å². The zero-order valence-corrected chi connectivity index (χ0v) is 8.40. The summed E-state index contributed by atoms with van der Waals surface area (Å²) in [5, 5.41) is 2.90. The third-order valence-corrected chi connectivity index (χ3v) is 1.84. The molecule has 0 spiro atoms. The molecule has 80 valence electrons. The molecule has 0 aliphatic carbocycles. The number of nitrogen functional groups attached to an aromatic ring is 1. The van der Waals surface area contributed by atoms with E-state index in [1.807, 2.05) is 0 Å². The van der Waals surface area contributed by atoms with Crippen LogP contribution < -0.4 is 11.1 Å². The fourth-order valence-corrected chi connectivity index (χ4v) is 1.01. The van der Waals surface area contributed by atoms with Gasteiger partial charge in [-0.1, -0.05) is 11.8 Å². The lowest BCUT2D eigenvalue weighted by Gasteiger charge is -1.99. The monoisotopic (exact) mass is 210 g/mol. The number of hydrogen-bond donors (Lipinski definition) is 2. The first-order valence-electron chi connectivity index (χ1n) is 4.53. The van der Waals surface area contributed by atoms with Crippen molar-refractivity contribution >= 4 is 5.69 Å². The number of rotatable bonds is 2. The highest BCUT2D eigenvalue weighted by molar-refractivity contribution is 5.47. The van der Waals surface area contributed by atoms with Crippen molar-refractivity contribution in [2.75, 3.05) is 19.3 Å². The van der Waals surface area contributed by atoms with Crippen molar-refractivity contribution in [2.24, 2.45) is 0 Å². The van der Waals surface area contributed by atoms with Crippen molar-refractivity contribution in [3.63, 3.8) is 0 Å². The zero-order chi connectivity index (χ0) is 11.3. The molecule has 2 nitrogen and oxygen atoms in total. The average Bonchev–Trinajstić information content (AvgIpc) is 2.24. The minimum absolute atomic E-state index is 0.0396. The van der Waals surface area contributed by atoms with Crippen LogP contribution in [0.1, 0.15) is 12.0 Å². The van der Waals surface area contributed by atoms with Gasteiger partial charge >= 0.3 is 0 Å². The van der Waals surface area contributed by atoms with E-state index in [1.165, 1.54) is 12.1 Å². The van der Waals surface area contributed by atoms with Gasteiger partial charge in [0.25, 0.3) is 0 Å². The van der Waals surface area contributed by atoms with Gasteiger partial charge in [-0.25, -0.2) is 8.78 Å². The Morgan fingerprint density at radius 1 is 1.33 bits per heavy atom. The summed E-state index contributed by atoms with van der Waals surface area (Å²) in [6, 6.07) is 2.68. The van der Waals surface area contributed by atoms with Gasteiger partial charge in [-0.05, 0) is 19.2 Å². The molecule has 0 aromatic heterocycles. The summed E-state index contributed by atoms with van der Waals surface area (Å²) in [7, 11) is 1.80. The van der Waals surface area contributed by atoms with Crippen LogP contribution in [0.25, 0.3) is 0 Å². The highest BCUT2D eigenvalue weighted by Gasteiger charge is 2.09. The van der Waals surface area contributed by atoms with Gasteiger partial charge in [-0.15, -0.1) is 0 Å². The van der Waals surface area contributed by atoms with E-state index in [4.69, 9.17) is 5.73 Å². The molecule has 0 heterocycles. The Morgan fingerprint density at radius 3 is 2.73 bits per heavy atom. The predicted molar refractivity (Wildman–Crippen MR) is 56.2 cm³/mol. The molecule has 0 bridgehead atoms. The minimum atomic E-state index is -1.03. The zero-order valence-electron chi connectivity index (χ0n) is 8.40. The molecular formula is C11H12F2N2. The number of nitrogens with two attached hydrogens (primary N) is 1. The Morgan fingerprint density at radius 2 is 2.07 bits per heavy atom. The molecule has 1 aromatic rings. The molecule has 3 N–H and O–H groups in total. The SMILES string of the molecule is CNCCC#Cc1ccc(N)c(F)c1F. The standard InChI is InChI=1S/C11H12F2N2/c1-15-7-3-2-4-8-5-6-9(14)11(13)10(8)12/h5-6,15H,3,7,14H2,1H3. The third-order valence-electron chi connectivity index (χ3n) is 1.84. The van der Waals surface area contributed by atoms with Crippen molar-refractivity contribution in [1.82, 2.24) is 5.32 Å². The van der Waals surface area contributed by atoms with Crippen LogP contribution in [0, 0.1) is 23.5 Å². The van der Waals surface area contributed by atoms with E-state index in [2.05, 4.69) is 17.2 Å². The summed E-state index contributed by atoms with van der Waals surface area (Å²) in [6.07, 6.45) is 0.585. The van der Waals surface area contributed by atoms with E-state index in [0.717, 1.165) is 0 Å². The first kappa shape index (κ1) is 11.5. The molecule has 15 heavy (non-hydrogen) atoms. The molecule has 0 saturated heterocycles. The lowest BCUT2D eigenvalue weighted by molar-refractivity contribution is 0.510. The molecule has 4 heteroatoms. The first-order valence-corrected chi connectivity index (χ1v) is 4.53. The number of benzene rings is 1. The topological polar surface area (TPSA) is 38.0 Å². The van der Waals surface area contributed by atoms with E-state index >= 15 is 0 Å². The third kappa shape index (κ3) is 2.93. The number of hydrogen-bond acceptors (Lipinski definition) is 2. The molecule has 0 saturated carbocycles. The molecule has 0 fully saturated rings. The van der Waals surface area contributed by atoms with E-state index in [9.17, 15) is 8.78 Å². The molecule has 0 unspecified atom stereocenters. The summed E-state index contributed by atoms with van der Waals surface area (Å²) in [4.78, 5) is 0. The van der Waals surface area contributed by atoms with Crippen LogP contribution in [-0.2, 0) is 0 Å². The van der Waals surface area contributed by atoms with Gasteiger partial charge in [0.05, 0.1) is 11.3 Å². The van der Waals surface area contributed by atoms with Crippen LogP contribution in [0.5, 0.6) is 0 Å². The minimum Gasteiger partial charge on any atom is -0.396 e. The quantitative estimate of drug-likeness (QED) is 0.441. The smallest absolute Gasteiger partial charge is 0.182 e. The average molecular weight is 210 g/mol. The maximum Gasteiger partial charge on any atom is 0.182 e. The van der Waals surface area contributed by atoms with Gasteiger partial charge in [0.1, 0.15) is 0 Å². The Kier molecular flexibility index (Phi) is 4.07. The highest BCUT2D eigenvalue weighted by Crippen LogP contribution is 2.16. The summed E-state index contributed by atoms with van der Waals surface area (Å²) in [5.74, 6) is 3.27. The maximum atomic E-state index is 13.2. The largest absolute Gasteiger partial charge is 0.396 e. The molecule has 1 aromatic carbocycles. The van der Waals surface area contributed by atoms with E-state index in [1.54, 1.807) is 7.05 Å². The van der Waals surface area contributed by atoms with Crippen LogP contribution >= 0.6 is 0 Å². The van der Waals surface area contributed by atoms with Gasteiger partial charge in [0.2, 0.25) is 0 Å². The maximum absolute atomic E-state index is 13.2. The van der Waals surface area contributed by atoms with Gasteiger partial charge < -0.3 is 11.1 Å². The Balaban J connectivity index is 2.85. The van der Waals surface area contributed by atoms with Gasteiger partial charge in [0, 0.05) is 13.0 Å². The van der Waals surface area contributed by atoms with Crippen LogP contribution in [0.4, 0.5) is 14.5 Å². The number of halogens is 2. The summed E-state index contributed by atoms with van der Waals surface area (Å²) >= 11 is 0. The number of anilines is 1. The predicted octanol–water partition coefficient (Wildman–Crippen LogP) is 1.51. The summed E-state index contributed by atoms with van der Waals surface area (Å²) in [6.45, 7) is 0.714. The second kappa shape index (κ2) is 5.32. The van der Waals surface area contributed by atoms with Gasteiger partial charge in [0.15, 0.2) is 11.6 Å². The van der Waals surface area contributed by atoms with Crippen LogP contribution in [0.3, 0.4) is 0 Å². The lowest BCUT2D eigenvalue weighted by Crippen LogP contribution is -2.06. The Bertz CT molecular complexity index is 405. The highest BCUT2D eigenvalue weighted by atomic mass is 19.2. The van der Waals surface area contributed by atoms with Gasteiger partial charge in [-0.3, -0.25) is 0 Å². The number of nitrogens with one attached hydrogen (secondary N) is 1. The van der Waals surface area contributed by atoms with Crippen molar-refractivity contribution in [3.8, 4) is 11.8 Å². The normalized spacial score (nSPS) is 9.53. The van der Waals surface area contributed by atoms with Gasteiger partial charge in [-0.2, -0.15) is 0 Å². The van der Waals surface area contributed by atoms with E-state index < -0.39 is 11.6 Å². The Hall–Kier alpha value is -1.60. The summed E-state index contributed by atoms with van der Waals surface area (Å²) in [5.41, 5.74) is 5.03. The molecule has 0 atom stereocenters. The second-order valence-corrected chi connectivity index (χ2v) is 2.99. The molecule has 0 amide bonds. The molecule has 0 radical (unpaired) electrons. The van der Waals surface area contributed by atoms with E-state index in [0.29, 0.717) is 13.0 Å². The van der Waals surface area contributed by atoms with Crippen molar-refractivity contribution < 1.29 is 8.78 Å². The Labute approximate surface area is 87.5 Å². The molecular weight excluding hydrogens is 198 g/mol. The molecule has 1 rings (SSSR count). The fraction of sp³-hybridized carbons (Fsp3) is 0.273. The van der Waals surface area contributed by atoms with Crippen molar-refractivity contribution in [2.45, 2.75) is 6.42 Å². The van der Waals surface area contributed by atoms with Crippen LogP contribution in [0.2, 0.25) is 0 Å². The van der Waals surface area contributed by atoms with Crippen molar-refractivity contribution in [1.29, 1.82) is 0 Å². The second-order valence-electron chi connectivity index (χ2n) is 2.99. The lowest BCUT2D eigenvalue weighted by atomic mass is 10.2. The van der Waals surface area contributed by atoms with E-state index in [-0.39, 0.29) is 11.3 Å². The van der Waals surface area contributed by atoms with Crippen LogP contribution in [-0.4, -0.2) is 13.6 Å². The summed E-state index contributed by atoms with van der Waals surface area (Å²) < 4.78 is 26.2.